The van der Waals surface area contributed by atoms with E-state index in [9.17, 15) is 18.8 Å². The number of aromatic nitrogens is 4. The van der Waals surface area contributed by atoms with Gasteiger partial charge in [0.2, 0.25) is 11.6 Å². The van der Waals surface area contributed by atoms with Crippen LogP contribution in [-0.2, 0) is 13.0 Å². The number of fused-ring (bicyclic) bond motifs is 1. The Kier molecular flexibility index (Phi) is 6.25. The van der Waals surface area contributed by atoms with Gasteiger partial charge in [-0.15, -0.1) is 5.10 Å². The Hall–Kier alpha value is -4.82. The molecule has 4 aromatic rings. The highest BCUT2D eigenvalue weighted by molar-refractivity contribution is 6.32. The lowest BCUT2D eigenvalue weighted by molar-refractivity contribution is 0.0727. The van der Waals surface area contributed by atoms with E-state index in [0.29, 0.717) is 30.8 Å². The molecule has 3 heterocycles. The highest BCUT2D eigenvalue weighted by Gasteiger charge is 2.25. The molecule has 12 heteroatoms. The van der Waals surface area contributed by atoms with Gasteiger partial charge in [-0.3, -0.25) is 14.6 Å². The standard InChI is InChI=1S/C25H16ClFN6O4/c26-20-10-17(33-25(36)30-22(34)21(11-28)31-33)12-29-23(20)37-18-5-6-19-15(9-18)7-8-32(24(19)35)13-14-1-3-16(27)4-2-14/h1-6,9-10,12H,7-8,13H2,(H,30,34,36). The number of nitrogens with one attached hydrogen (secondary N) is 1. The second-order valence-electron chi connectivity index (χ2n) is 8.14. The number of carbonyl (C=O) groups excluding carboxylic acids is 1. The first kappa shape index (κ1) is 23.9. The Morgan fingerprint density at radius 2 is 1.92 bits per heavy atom. The minimum Gasteiger partial charge on any atom is -0.438 e. The van der Waals surface area contributed by atoms with Gasteiger partial charge in [-0.25, -0.2) is 14.2 Å². The summed E-state index contributed by atoms with van der Waals surface area (Å²) in [6, 6.07) is 14.0. The summed E-state index contributed by atoms with van der Waals surface area (Å²) in [5.74, 6) is -0.00521. The van der Waals surface area contributed by atoms with Crippen molar-refractivity contribution in [1.29, 1.82) is 5.26 Å². The van der Waals surface area contributed by atoms with Crippen LogP contribution in [0.2, 0.25) is 5.02 Å². The number of aromatic amines is 1. The van der Waals surface area contributed by atoms with E-state index in [0.717, 1.165) is 15.8 Å². The Bertz CT molecular complexity index is 1690. The normalized spacial score (nSPS) is 12.7. The average molecular weight is 519 g/mol. The molecule has 1 aliphatic heterocycles. The first-order valence-electron chi connectivity index (χ1n) is 11.0. The monoisotopic (exact) mass is 518 g/mol. The van der Waals surface area contributed by atoms with Crippen LogP contribution in [0.5, 0.6) is 11.6 Å². The zero-order chi connectivity index (χ0) is 26.1. The molecule has 2 aromatic carbocycles. The quantitative estimate of drug-likeness (QED) is 0.429. The first-order valence-corrected chi connectivity index (χ1v) is 11.3. The van der Waals surface area contributed by atoms with Crippen molar-refractivity contribution in [3.8, 4) is 23.4 Å². The molecule has 0 fully saturated rings. The summed E-state index contributed by atoms with van der Waals surface area (Å²) >= 11 is 6.31. The smallest absolute Gasteiger partial charge is 0.349 e. The van der Waals surface area contributed by atoms with E-state index in [-0.39, 0.29) is 28.3 Å². The van der Waals surface area contributed by atoms with Gasteiger partial charge in [0.1, 0.15) is 22.7 Å². The molecule has 1 N–H and O–H groups in total. The molecular formula is C25H16ClFN6O4. The van der Waals surface area contributed by atoms with Crippen LogP contribution >= 0.6 is 11.6 Å². The Balaban J connectivity index is 1.34. The van der Waals surface area contributed by atoms with E-state index < -0.39 is 16.9 Å². The number of hydrogen-bond acceptors (Lipinski definition) is 7. The molecule has 1 aliphatic rings. The molecule has 0 spiro atoms. The Morgan fingerprint density at radius 1 is 1.14 bits per heavy atom. The van der Waals surface area contributed by atoms with Gasteiger partial charge in [-0.05, 0) is 53.9 Å². The van der Waals surface area contributed by atoms with Gasteiger partial charge in [0.25, 0.3) is 11.5 Å². The van der Waals surface area contributed by atoms with E-state index >= 15 is 0 Å². The van der Waals surface area contributed by atoms with Crippen LogP contribution in [0.25, 0.3) is 5.69 Å². The number of hydrogen-bond donors (Lipinski definition) is 1. The van der Waals surface area contributed by atoms with Gasteiger partial charge in [-0.2, -0.15) is 9.94 Å². The molecule has 10 nitrogen and oxygen atoms in total. The van der Waals surface area contributed by atoms with Gasteiger partial charge >= 0.3 is 5.69 Å². The van der Waals surface area contributed by atoms with Gasteiger partial charge in [0.15, 0.2) is 0 Å². The molecule has 184 valence electrons. The summed E-state index contributed by atoms with van der Waals surface area (Å²) in [4.78, 5) is 44.5. The first-order chi connectivity index (χ1) is 17.8. The number of carbonyl (C=O) groups is 1. The summed E-state index contributed by atoms with van der Waals surface area (Å²) in [6.07, 6.45) is 1.85. The number of nitriles is 1. The molecule has 37 heavy (non-hydrogen) atoms. The van der Waals surface area contributed by atoms with Crippen molar-refractivity contribution >= 4 is 17.5 Å². The summed E-state index contributed by atoms with van der Waals surface area (Å²) in [6.45, 7) is 0.873. The zero-order valence-corrected chi connectivity index (χ0v) is 19.7. The number of H-pyrrole nitrogens is 1. The summed E-state index contributed by atoms with van der Waals surface area (Å²) in [5.41, 5.74) is 0.0647. The van der Waals surface area contributed by atoms with E-state index in [1.807, 2.05) is 4.98 Å². The van der Waals surface area contributed by atoms with Crippen LogP contribution in [0, 0.1) is 17.1 Å². The molecule has 0 saturated heterocycles. The fraction of sp³-hybridized carbons (Fsp3) is 0.120. The van der Waals surface area contributed by atoms with Crippen molar-refractivity contribution in [3.05, 3.63) is 109 Å². The van der Waals surface area contributed by atoms with Crippen molar-refractivity contribution in [1.82, 2.24) is 24.6 Å². The molecule has 2 aromatic heterocycles. The van der Waals surface area contributed by atoms with E-state index in [1.165, 1.54) is 24.4 Å². The van der Waals surface area contributed by atoms with Crippen molar-refractivity contribution in [2.45, 2.75) is 13.0 Å². The van der Waals surface area contributed by atoms with Crippen LogP contribution in [0.1, 0.15) is 27.2 Å². The molecule has 1 amide bonds. The van der Waals surface area contributed by atoms with Gasteiger partial charge in [-0.1, -0.05) is 23.7 Å². The topological polar surface area (TPSA) is 134 Å². The van der Waals surface area contributed by atoms with Crippen LogP contribution < -0.4 is 16.0 Å². The second-order valence-corrected chi connectivity index (χ2v) is 8.54. The van der Waals surface area contributed by atoms with Crippen LogP contribution in [0.4, 0.5) is 4.39 Å². The molecule has 0 radical (unpaired) electrons. The van der Waals surface area contributed by atoms with E-state index in [1.54, 1.807) is 41.3 Å². The lowest BCUT2D eigenvalue weighted by atomic mass is 9.98. The number of halogens is 2. The zero-order valence-electron chi connectivity index (χ0n) is 18.9. The molecule has 0 atom stereocenters. The van der Waals surface area contributed by atoms with Crippen LogP contribution in [0.15, 0.2) is 64.3 Å². The summed E-state index contributed by atoms with van der Waals surface area (Å²) in [7, 11) is 0. The van der Waals surface area contributed by atoms with Gasteiger partial charge in [0, 0.05) is 18.7 Å². The number of benzene rings is 2. The maximum absolute atomic E-state index is 13.2. The van der Waals surface area contributed by atoms with Gasteiger partial charge < -0.3 is 9.64 Å². The van der Waals surface area contributed by atoms with Crippen molar-refractivity contribution in [2.24, 2.45) is 0 Å². The second kappa shape index (κ2) is 9.67. The number of amides is 1. The number of rotatable bonds is 5. The molecule has 0 bridgehead atoms. The Morgan fingerprint density at radius 3 is 2.65 bits per heavy atom. The molecular weight excluding hydrogens is 503 g/mol. The third-order valence-corrected chi connectivity index (χ3v) is 5.99. The third kappa shape index (κ3) is 4.82. The highest BCUT2D eigenvalue weighted by atomic mass is 35.5. The van der Waals surface area contributed by atoms with Crippen LogP contribution in [0.3, 0.4) is 0 Å². The minimum atomic E-state index is -0.896. The average Bonchev–Trinajstić information content (AvgIpc) is 2.88. The molecule has 0 saturated carbocycles. The van der Waals surface area contributed by atoms with Crippen molar-refractivity contribution in [3.63, 3.8) is 0 Å². The SMILES string of the molecule is N#Cc1nn(-c2cnc(Oc3ccc4c(c3)CCN(Cc3ccc(F)cc3)C4=O)c(Cl)c2)c(=O)[nH]c1=O. The highest BCUT2D eigenvalue weighted by Crippen LogP contribution is 2.31. The summed E-state index contributed by atoms with van der Waals surface area (Å²) < 4.78 is 19.8. The number of nitrogens with zero attached hydrogens (tertiary/aromatic N) is 5. The fourth-order valence-electron chi connectivity index (χ4n) is 3.90. The van der Waals surface area contributed by atoms with E-state index in [4.69, 9.17) is 21.6 Å². The molecule has 5 rings (SSSR count). The lowest BCUT2D eigenvalue weighted by Crippen LogP contribution is -2.37. The molecule has 0 unspecified atom stereocenters. The lowest BCUT2D eigenvalue weighted by Gasteiger charge is -2.29. The fourth-order valence-corrected chi connectivity index (χ4v) is 4.10. The molecule has 0 aliphatic carbocycles. The van der Waals surface area contributed by atoms with E-state index in [2.05, 4.69) is 10.1 Å². The minimum absolute atomic E-state index is 0.0448. The largest absolute Gasteiger partial charge is 0.438 e. The third-order valence-electron chi connectivity index (χ3n) is 5.72. The van der Waals surface area contributed by atoms with Crippen molar-refractivity contribution < 1.29 is 13.9 Å². The Labute approximate surface area is 213 Å². The maximum Gasteiger partial charge on any atom is 0.349 e. The maximum atomic E-state index is 13.2. The van der Waals surface area contributed by atoms with Crippen LogP contribution in [-0.4, -0.2) is 37.1 Å². The van der Waals surface area contributed by atoms with Gasteiger partial charge in [0.05, 0.1) is 11.9 Å². The van der Waals surface area contributed by atoms with Crippen molar-refractivity contribution in [2.75, 3.05) is 6.54 Å². The predicted molar refractivity (Wildman–Crippen MR) is 129 cm³/mol. The number of pyridine rings is 1. The summed E-state index contributed by atoms with van der Waals surface area (Å²) in [5, 5.41) is 12.8. The predicted octanol–water partition coefficient (Wildman–Crippen LogP) is 2.97. The number of ether oxygens (including phenoxy) is 1.